The molecule has 0 amide bonds. The maximum absolute atomic E-state index is 13.4. The van der Waals surface area contributed by atoms with Crippen molar-refractivity contribution in [1.82, 2.24) is 4.98 Å². The maximum atomic E-state index is 13.4. The lowest BCUT2D eigenvalue weighted by Crippen LogP contribution is -2.01. The lowest BCUT2D eigenvalue weighted by Gasteiger charge is -2.08. The van der Waals surface area contributed by atoms with E-state index in [0.717, 1.165) is 0 Å². The monoisotopic (exact) mass is 168 g/mol. The zero-order valence-corrected chi connectivity index (χ0v) is 7.56. The summed E-state index contributed by atoms with van der Waals surface area (Å²) in [5.74, 6) is -0.117. The second kappa shape index (κ2) is 3.52. The maximum Gasteiger partial charge on any atom is 0.167 e. The number of anilines is 1. The largest absolute Gasteiger partial charge is 0.386 e. The van der Waals surface area contributed by atoms with Crippen LogP contribution in [0.25, 0.3) is 0 Å². The van der Waals surface area contributed by atoms with E-state index in [1.807, 2.05) is 13.8 Å². The first-order chi connectivity index (χ1) is 5.66. The predicted molar refractivity (Wildman–Crippen MR) is 47.8 cm³/mol. The normalized spacial score (nSPS) is 10.4. The molecule has 66 valence electrons. The van der Waals surface area contributed by atoms with E-state index in [1.165, 1.54) is 0 Å². The van der Waals surface area contributed by atoms with Crippen molar-refractivity contribution in [3.63, 3.8) is 0 Å². The van der Waals surface area contributed by atoms with Crippen LogP contribution in [0.3, 0.4) is 0 Å². The van der Waals surface area contributed by atoms with Gasteiger partial charge in [0, 0.05) is 13.2 Å². The molecule has 1 aromatic rings. The van der Waals surface area contributed by atoms with Crippen molar-refractivity contribution in [3.8, 4) is 0 Å². The van der Waals surface area contributed by atoms with Crippen molar-refractivity contribution in [2.45, 2.75) is 19.8 Å². The second-order valence-electron chi connectivity index (χ2n) is 2.96. The Morgan fingerprint density at radius 3 is 2.67 bits per heavy atom. The number of rotatable bonds is 2. The molecule has 0 bridgehead atoms. The quantitative estimate of drug-likeness (QED) is 0.733. The number of aromatic nitrogens is 1. The molecule has 0 atom stereocenters. The summed E-state index contributed by atoms with van der Waals surface area (Å²) in [5.41, 5.74) is 1.02. The second-order valence-corrected chi connectivity index (χ2v) is 2.96. The fourth-order valence-corrected chi connectivity index (χ4v) is 1.06. The molecule has 0 aliphatic carbocycles. The van der Waals surface area contributed by atoms with Gasteiger partial charge in [-0.25, -0.2) is 4.39 Å². The molecular formula is C9H13FN2. The predicted octanol–water partition coefficient (Wildman–Crippen LogP) is 2.39. The van der Waals surface area contributed by atoms with Crippen LogP contribution in [0.5, 0.6) is 0 Å². The Hall–Kier alpha value is -1.12. The van der Waals surface area contributed by atoms with Gasteiger partial charge >= 0.3 is 0 Å². The Balaban J connectivity index is 3.14. The van der Waals surface area contributed by atoms with E-state index in [1.54, 1.807) is 19.3 Å². The summed E-state index contributed by atoms with van der Waals surface area (Å²) in [6.45, 7) is 3.84. The summed E-state index contributed by atoms with van der Waals surface area (Å²) in [4.78, 5) is 3.97. The summed E-state index contributed by atoms with van der Waals surface area (Å²) in [7, 11) is 1.70. The minimum Gasteiger partial charge on any atom is -0.386 e. The van der Waals surface area contributed by atoms with E-state index in [0.29, 0.717) is 11.4 Å². The number of hydrogen-bond donors (Lipinski definition) is 1. The zero-order valence-electron chi connectivity index (χ0n) is 7.56. The van der Waals surface area contributed by atoms with E-state index in [2.05, 4.69) is 10.3 Å². The van der Waals surface area contributed by atoms with Crippen LogP contribution >= 0.6 is 0 Å². The van der Waals surface area contributed by atoms with E-state index in [-0.39, 0.29) is 11.7 Å². The highest BCUT2D eigenvalue weighted by Gasteiger charge is 2.10. The Morgan fingerprint density at radius 1 is 1.50 bits per heavy atom. The van der Waals surface area contributed by atoms with Crippen molar-refractivity contribution in [1.29, 1.82) is 0 Å². The first-order valence-electron chi connectivity index (χ1n) is 3.99. The molecule has 0 saturated heterocycles. The molecule has 12 heavy (non-hydrogen) atoms. The molecule has 0 spiro atoms. The third-order valence-corrected chi connectivity index (χ3v) is 1.73. The molecule has 0 unspecified atom stereocenters. The van der Waals surface area contributed by atoms with Crippen LogP contribution in [0, 0.1) is 5.82 Å². The number of hydrogen-bond acceptors (Lipinski definition) is 2. The molecule has 0 saturated carbocycles. The van der Waals surface area contributed by atoms with Crippen molar-refractivity contribution in [2.75, 3.05) is 12.4 Å². The van der Waals surface area contributed by atoms with E-state index in [4.69, 9.17) is 0 Å². The van der Waals surface area contributed by atoms with Crippen LogP contribution in [0.15, 0.2) is 12.3 Å². The lowest BCUT2D eigenvalue weighted by atomic mass is 10.1. The van der Waals surface area contributed by atoms with Crippen LogP contribution in [0.1, 0.15) is 25.5 Å². The number of pyridine rings is 1. The summed E-state index contributed by atoms with van der Waals surface area (Å²) < 4.78 is 13.4. The van der Waals surface area contributed by atoms with Crippen molar-refractivity contribution in [2.24, 2.45) is 0 Å². The van der Waals surface area contributed by atoms with Gasteiger partial charge in [-0.3, -0.25) is 4.98 Å². The molecule has 0 aliphatic rings. The minimum atomic E-state index is -0.241. The van der Waals surface area contributed by atoms with Gasteiger partial charge in [-0.15, -0.1) is 0 Å². The van der Waals surface area contributed by atoms with Gasteiger partial charge < -0.3 is 5.32 Å². The number of halogens is 1. The smallest absolute Gasteiger partial charge is 0.167 e. The molecule has 3 heteroatoms. The van der Waals surface area contributed by atoms with Gasteiger partial charge in [0.1, 0.15) is 0 Å². The highest BCUT2D eigenvalue weighted by Crippen LogP contribution is 2.21. The minimum absolute atomic E-state index is 0.123. The molecule has 1 rings (SSSR count). The summed E-state index contributed by atoms with van der Waals surface area (Å²) >= 11 is 0. The van der Waals surface area contributed by atoms with E-state index >= 15 is 0 Å². The Kier molecular flexibility index (Phi) is 2.63. The Labute approximate surface area is 71.8 Å². The van der Waals surface area contributed by atoms with Gasteiger partial charge in [0.25, 0.3) is 0 Å². The molecule has 2 nitrogen and oxygen atoms in total. The molecule has 0 fully saturated rings. The topological polar surface area (TPSA) is 24.9 Å². The third-order valence-electron chi connectivity index (χ3n) is 1.73. The summed E-state index contributed by atoms with van der Waals surface area (Å²) in [5, 5.41) is 2.78. The highest BCUT2D eigenvalue weighted by atomic mass is 19.1. The van der Waals surface area contributed by atoms with Gasteiger partial charge in [0.2, 0.25) is 0 Å². The molecule has 1 aromatic heterocycles. The van der Waals surface area contributed by atoms with Crippen LogP contribution in [-0.4, -0.2) is 12.0 Å². The fraction of sp³-hybridized carbons (Fsp3) is 0.444. The Morgan fingerprint density at radius 2 is 2.17 bits per heavy atom. The van der Waals surface area contributed by atoms with Gasteiger partial charge in [-0.2, -0.15) is 0 Å². The van der Waals surface area contributed by atoms with E-state index < -0.39 is 0 Å². The van der Waals surface area contributed by atoms with Crippen molar-refractivity contribution < 1.29 is 4.39 Å². The van der Waals surface area contributed by atoms with Crippen LogP contribution in [-0.2, 0) is 0 Å². The third kappa shape index (κ3) is 1.55. The van der Waals surface area contributed by atoms with Gasteiger partial charge in [0.15, 0.2) is 5.82 Å². The average Bonchev–Trinajstić information content (AvgIpc) is 2.04. The molecule has 1 heterocycles. The van der Waals surface area contributed by atoms with Crippen molar-refractivity contribution >= 4 is 5.69 Å². The number of nitrogens with zero attached hydrogens (tertiary/aromatic N) is 1. The number of nitrogens with one attached hydrogen (secondary N) is 1. The molecule has 0 aliphatic heterocycles. The Bertz CT molecular complexity index is 271. The first-order valence-corrected chi connectivity index (χ1v) is 3.99. The lowest BCUT2D eigenvalue weighted by molar-refractivity contribution is 0.588. The highest BCUT2D eigenvalue weighted by molar-refractivity contribution is 5.44. The summed E-state index contributed by atoms with van der Waals surface area (Å²) in [6, 6.07) is 1.63. The molecule has 0 radical (unpaired) electrons. The van der Waals surface area contributed by atoms with Crippen LogP contribution in [0.4, 0.5) is 10.1 Å². The SMILES string of the molecule is CNc1ccnc(C(C)C)c1F. The molecule has 1 N–H and O–H groups in total. The van der Waals surface area contributed by atoms with Gasteiger partial charge in [-0.05, 0) is 12.0 Å². The average molecular weight is 168 g/mol. The van der Waals surface area contributed by atoms with Crippen LogP contribution in [0.2, 0.25) is 0 Å². The van der Waals surface area contributed by atoms with Gasteiger partial charge in [-0.1, -0.05) is 13.8 Å². The van der Waals surface area contributed by atoms with Gasteiger partial charge in [0.05, 0.1) is 11.4 Å². The fourth-order valence-electron chi connectivity index (χ4n) is 1.06. The molecular weight excluding hydrogens is 155 g/mol. The summed E-state index contributed by atoms with van der Waals surface area (Å²) in [6.07, 6.45) is 1.62. The first kappa shape index (κ1) is 8.97. The van der Waals surface area contributed by atoms with Crippen LogP contribution < -0.4 is 5.32 Å². The van der Waals surface area contributed by atoms with Crippen molar-refractivity contribution in [3.05, 3.63) is 23.8 Å². The standard InChI is InChI=1S/C9H13FN2/c1-6(2)9-8(10)7(11-3)4-5-12-9/h4-6H,1-3H3,(H,11,12). The molecule has 0 aromatic carbocycles. The van der Waals surface area contributed by atoms with E-state index in [9.17, 15) is 4.39 Å². The zero-order chi connectivity index (χ0) is 9.14.